The lowest BCUT2D eigenvalue weighted by atomic mass is 10.1. The molecule has 2 aromatic carbocycles. The summed E-state index contributed by atoms with van der Waals surface area (Å²) in [6, 6.07) is 11.9. The molecule has 0 atom stereocenters. The van der Waals surface area contributed by atoms with Gasteiger partial charge < -0.3 is 10.2 Å². The number of thioether (sulfide) groups is 1. The molecule has 0 aliphatic heterocycles. The van der Waals surface area contributed by atoms with Crippen LogP contribution in [0.3, 0.4) is 0 Å². The Bertz CT molecular complexity index is 764. The summed E-state index contributed by atoms with van der Waals surface area (Å²) in [5.41, 5.74) is 1.13. The van der Waals surface area contributed by atoms with Gasteiger partial charge in [0.1, 0.15) is 5.82 Å². The first-order valence-corrected chi connectivity index (χ1v) is 8.60. The molecule has 0 aliphatic carbocycles. The number of ketones is 1. The van der Waals surface area contributed by atoms with E-state index in [0.29, 0.717) is 5.69 Å². The zero-order chi connectivity index (χ0) is 17.7. The lowest BCUT2D eigenvalue weighted by Crippen LogP contribution is -2.31. The predicted molar refractivity (Wildman–Crippen MR) is 96.5 cm³/mol. The zero-order valence-electron chi connectivity index (χ0n) is 13.8. The van der Waals surface area contributed by atoms with Gasteiger partial charge in [-0.1, -0.05) is 18.2 Å². The number of para-hydroxylation sites is 1. The molecule has 2 rings (SSSR count). The summed E-state index contributed by atoms with van der Waals surface area (Å²) < 4.78 is 13.9. The lowest BCUT2D eigenvalue weighted by molar-refractivity contribution is -0.114. The summed E-state index contributed by atoms with van der Waals surface area (Å²) in [6.07, 6.45) is 1.93. The number of anilines is 2. The van der Waals surface area contributed by atoms with Crippen molar-refractivity contribution in [1.29, 1.82) is 0 Å². The fourth-order valence-electron chi connectivity index (χ4n) is 2.42. The Balaban J connectivity index is 2.15. The average Bonchev–Trinajstić information content (AvgIpc) is 2.54. The lowest BCUT2D eigenvalue weighted by Gasteiger charge is -2.21. The molecule has 2 aromatic rings. The van der Waals surface area contributed by atoms with Crippen LogP contribution in [0.1, 0.15) is 17.3 Å². The van der Waals surface area contributed by atoms with Gasteiger partial charge >= 0.3 is 0 Å². The van der Waals surface area contributed by atoms with E-state index in [1.54, 1.807) is 18.0 Å². The summed E-state index contributed by atoms with van der Waals surface area (Å²) in [7, 11) is 1.65. The van der Waals surface area contributed by atoms with Crippen LogP contribution in [-0.4, -0.2) is 31.5 Å². The number of rotatable bonds is 6. The highest BCUT2D eigenvalue weighted by atomic mass is 32.2. The Hall–Kier alpha value is -2.34. The van der Waals surface area contributed by atoms with Gasteiger partial charge in [0.05, 0.1) is 23.5 Å². The monoisotopic (exact) mass is 346 g/mol. The number of carbonyl (C=O) groups excluding carboxylic acids is 2. The van der Waals surface area contributed by atoms with Gasteiger partial charge in [-0.2, -0.15) is 0 Å². The van der Waals surface area contributed by atoms with Crippen molar-refractivity contribution in [2.24, 2.45) is 0 Å². The maximum Gasteiger partial charge on any atom is 0.243 e. The molecule has 0 heterocycles. The highest BCUT2D eigenvalue weighted by molar-refractivity contribution is 7.98. The molecule has 0 radical (unpaired) electrons. The number of hydrogen-bond donors (Lipinski definition) is 1. The molecule has 0 saturated carbocycles. The number of nitrogens with zero attached hydrogens (tertiary/aromatic N) is 1. The third-order valence-corrected chi connectivity index (χ3v) is 4.31. The molecule has 0 bridgehead atoms. The summed E-state index contributed by atoms with van der Waals surface area (Å²) in [6.45, 7) is 1.32. The quantitative estimate of drug-likeness (QED) is 0.638. The first kappa shape index (κ1) is 18.0. The number of benzene rings is 2. The second kappa shape index (κ2) is 7.97. The fraction of sp³-hybridized carbons (Fsp3) is 0.222. The van der Waals surface area contributed by atoms with Crippen molar-refractivity contribution in [2.45, 2.75) is 11.8 Å². The van der Waals surface area contributed by atoms with E-state index in [1.165, 1.54) is 30.8 Å². The van der Waals surface area contributed by atoms with E-state index in [0.717, 1.165) is 10.6 Å². The SMILES string of the molecule is CSc1ccccc1NC(=O)CN(C)c1cccc(F)c1C(C)=O. The van der Waals surface area contributed by atoms with Gasteiger partial charge in [-0.3, -0.25) is 9.59 Å². The Morgan fingerprint density at radius 1 is 1.17 bits per heavy atom. The smallest absolute Gasteiger partial charge is 0.243 e. The molecule has 1 amide bonds. The zero-order valence-corrected chi connectivity index (χ0v) is 14.6. The highest BCUT2D eigenvalue weighted by Gasteiger charge is 2.18. The van der Waals surface area contributed by atoms with Crippen LogP contribution < -0.4 is 10.2 Å². The molecule has 0 aromatic heterocycles. The van der Waals surface area contributed by atoms with E-state index in [4.69, 9.17) is 0 Å². The molecule has 24 heavy (non-hydrogen) atoms. The largest absolute Gasteiger partial charge is 0.365 e. The van der Waals surface area contributed by atoms with Crippen LogP contribution >= 0.6 is 11.8 Å². The molecule has 0 spiro atoms. The maximum absolute atomic E-state index is 13.9. The second-order valence-corrected chi connectivity index (χ2v) is 6.14. The second-order valence-electron chi connectivity index (χ2n) is 5.29. The molecule has 4 nitrogen and oxygen atoms in total. The van der Waals surface area contributed by atoms with E-state index in [9.17, 15) is 14.0 Å². The minimum absolute atomic E-state index is 0.00249. The van der Waals surface area contributed by atoms with Crippen molar-refractivity contribution in [3.05, 3.63) is 53.8 Å². The number of nitrogens with one attached hydrogen (secondary N) is 1. The van der Waals surface area contributed by atoms with Crippen LogP contribution in [0.2, 0.25) is 0 Å². The van der Waals surface area contributed by atoms with Crippen molar-refractivity contribution < 1.29 is 14.0 Å². The Morgan fingerprint density at radius 3 is 2.54 bits per heavy atom. The van der Waals surface area contributed by atoms with Crippen LogP contribution in [0, 0.1) is 5.82 Å². The number of Topliss-reactive ketones (excluding diaryl/α,β-unsaturated/α-hetero) is 1. The predicted octanol–water partition coefficient (Wildman–Crippen LogP) is 3.83. The molecule has 0 unspecified atom stereocenters. The number of amides is 1. The minimum atomic E-state index is -0.583. The summed E-state index contributed by atoms with van der Waals surface area (Å²) in [5.74, 6) is -1.19. The first-order chi connectivity index (χ1) is 11.4. The average molecular weight is 346 g/mol. The van der Waals surface area contributed by atoms with Crippen LogP contribution in [-0.2, 0) is 4.79 Å². The highest BCUT2D eigenvalue weighted by Crippen LogP contribution is 2.25. The summed E-state index contributed by atoms with van der Waals surface area (Å²) in [5, 5.41) is 2.85. The Labute approximate surface area is 145 Å². The van der Waals surface area contributed by atoms with Gasteiger partial charge in [0.15, 0.2) is 5.78 Å². The summed E-state index contributed by atoms with van der Waals surface area (Å²) in [4.78, 5) is 26.5. The van der Waals surface area contributed by atoms with E-state index in [2.05, 4.69) is 5.32 Å². The van der Waals surface area contributed by atoms with Gasteiger partial charge in [0.25, 0.3) is 0 Å². The minimum Gasteiger partial charge on any atom is -0.365 e. The molecule has 126 valence electrons. The maximum atomic E-state index is 13.9. The third kappa shape index (κ3) is 4.14. The number of hydrogen-bond acceptors (Lipinski definition) is 4. The molecule has 0 fully saturated rings. The van der Waals surface area contributed by atoms with E-state index in [-0.39, 0.29) is 23.8 Å². The molecule has 6 heteroatoms. The van der Waals surface area contributed by atoms with E-state index >= 15 is 0 Å². The van der Waals surface area contributed by atoms with Crippen molar-refractivity contribution in [3.8, 4) is 0 Å². The topological polar surface area (TPSA) is 49.4 Å². The fourth-order valence-corrected chi connectivity index (χ4v) is 2.97. The van der Waals surface area contributed by atoms with Gasteiger partial charge in [0.2, 0.25) is 5.91 Å². The van der Waals surface area contributed by atoms with Crippen molar-refractivity contribution in [1.82, 2.24) is 0 Å². The Morgan fingerprint density at radius 2 is 1.88 bits per heavy atom. The molecule has 0 aliphatic rings. The normalized spacial score (nSPS) is 10.3. The van der Waals surface area contributed by atoms with Crippen LogP contribution in [0.4, 0.5) is 15.8 Å². The number of halogens is 1. The van der Waals surface area contributed by atoms with Gasteiger partial charge in [-0.25, -0.2) is 4.39 Å². The molecule has 0 saturated heterocycles. The van der Waals surface area contributed by atoms with Crippen molar-refractivity contribution in [3.63, 3.8) is 0 Å². The number of likely N-dealkylation sites (N-methyl/N-ethyl adjacent to an activating group) is 1. The van der Waals surface area contributed by atoms with Gasteiger partial charge in [-0.05, 0) is 37.4 Å². The van der Waals surface area contributed by atoms with Crippen molar-refractivity contribution >= 4 is 34.8 Å². The van der Waals surface area contributed by atoms with Crippen LogP contribution in [0.25, 0.3) is 0 Å². The standard InChI is InChI=1S/C18H19FN2O2S/c1-12(22)18-13(19)7-6-9-15(18)21(2)11-17(23)20-14-8-4-5-10-16(14)24-3/h4-10H,11H2,1-3H3,(H,20,23). The van der Waals surface area contributed by atoms with E-state index < -0.39 is 5.82 Å². The van der Waals surface area contributed by atoms with Crippen LogP contribution in [0.5, 0.6) is 0 Å². The van der Waals surface area contributed by atoms with Crippen molar-refractivity contribution in [2.75, 3.05) is 30.1 Å². The molecular formula is C18H19FN2O2S. The van der Waals surface area contributed by atoms with E-state index in [1.807, 2.05) is 30.5 Å². The third-order valence-electron chi connectivity index (χ3n) is 3.52. The first-order valence-electron chi connectivity index (χ1n) is 7.37. The van der Waals surface area contributed by atoms with Gasteiger partial charge in [-0.15, -0.1) is 11.8 Å². The number of carbonyl (C=O) groups is 2. The Kier molecular flexibility index (Phi) is 5.98. The summed E-state index contributed by atoms with van der Waals surface area (Å²) >= 11 is 1.54. The molecule has 1 N–H and O–H groups in total. The molecular weight excluding hydrogens is 327 g/mol. The van der Waals surface area contributed by atoms with Gasteiger partial charge in [0, 0.05) is 11.9 Å². The van der Waals surface area contributed by atoms with Crippen LogP contribution in [0.15, 0.2) is 47.4 Å².